The van der Waals surface area contributed by atoms with E-state index in [2.05, 4.69) is 32.3 Å². The molecule has 1 saturated heterocycles. The third kappa shape index (κ3) is 5.73. The number of nitrogens with one attached hydrogen (secondary N) is 1. The van der Waals surface area contributed by atoms with Crippen molar-refractivity contribution in [2.75, 3.05) is 25.5 Å². The van der Waals surface area contributed by atoms with Gasteiger partial charge in [0, 0.05) is 36.7 Å². The number of benzene rings is 2. The molecular weight excluding hydrogens is 408 g/mol. The molecule has 0 spiro atoms. The summed E-state index contributed by atoms with van der Waals surface area (Å²) in [6.07, 6.45) is 3.84. The number of hydrogen-bond donors (Lipinski definition) is 2. The Hall–Kier alpha value is -3.65. The third-order valence-electron chi connectivity index (χ3n) is 5.42. The molecule has 8 nitrogen and oxygen atoms in total. The number of carbonyl (C=O) groups is 1. The molecule has 8 heteroatoms. The quantitative estimate of drug-likeness (QED) is 0.523. The van der Waals surface area contributed by atoms with Crippen LogP contribution in [0.5, 0.6) is 5.75 Å². The fraction of sp³-hybridized carbons (Fsp3) is 0.292. The summed E-state index contributed by atoms with van der Waals surface area (Å²) in [6, 6.07) is 15.9. The molecule has 1 aromatic heterocycles. The van der Waals surface area contributed by atoms with Crippen molar-refractivity contribution in [1.82, 2.24) is 14.9 Å². The Bertz CT molecular complexity index is 1020. The standard InChI is InChI=1S/C24H26N4O4/c1-31-21-10-6-18(7-11-21)19-13-25-23(26-14-19)27-20-8-4-17(5-9-20)15-28-12-2-3-22(16-28)32-24(29)30/h4-11,13-14,22H,2-3,12,15-16H2,1H3,(H,29,30)(H,25,26,27). The molecule has 4 rings (SSSR count). The van der Waals surface area contributed by atoms with E-state index < -0.39 is 6.16 Å². The van der Waals surface area contributed by atoms with Crippen LogP contribution < -0.4 is 10.1 Å². The van der Waals surface area contributed by atoms with E-state index in [1.54, 1.807) is 19.5 Å². The van der Waals surface area contributed by atoms with Gasteiger partial charge in [0.25, 0.3) is 0 Å². The van der Waals surface area contributed by atoms with Crippen molar-refractivity contribution < 1.29 is 19.4 Å². The number of likely N-dealkylation sites (tertiary alicyclic amines) is 1. The lowest BCUT2D eigenvalue weighted by molar-refractivity contribution is 0.0117. The van der Waals surface area contributed by atoms with Crippen LogP contribution in [0.15, 0.2) is 60.9 Å². The van der Waals surface area contributed by atoms with Gasteiger partial charge in [-0.1, -0.05) is 24.3 Å². The van der Waals surface area contributed by atoms with Crippen LogP contribution in [0.3, 0.4) is 0 Å². The van der Waals surface area contributed by atoms with Gasteiger partial charge in [0.15, 0.2) is 0 Å². The monoisotopic (exact) mass is 434 g/mol. The molecule has 0 bridgehead atoms. The van der Waals surface area contributed by atoms with Gasteiger partial charge in [-0.3, -0.25) is 4.90 Å². The van der Waals surface area contributed by atoms with Crippen molar-refractivity contribution in [2.45, 2.75) is 25.5 Å². The van der Waals surface area contributed by atoms with Gasteiger partial charge < -0.3 is 19.9 Å². The first kappa shape index (κ1) is 21.6. The highest BCUT2D eigenvalue weighted by molar-refractivity contribution is 5.63. The van der Waals surface area contributed by atoms with Crippen LogP contribution in [0.2, 0.25) is 0 Å². The highest BCUT2D eigenvalue weighted by Gasteiger charge is 2.22. The summed E-state index contributed by atoms with van der Waals surface area (Å²) >= 11 is 0. The molecule has 1 aliphatic heterocycles. The van der Waals surface area contributed by atoms with Crippen molar-refractivity contribution >= 4 is 17.8 Å². The number of anilines is 2. The zero-order chi connectivity index (χ0) is 22.3. The first-order valence-corrected chi connectivity index (χ1v) is 10.5. The molecule has 0 saturated carbocycles. The number of ether oxygens (including phenoxy) is 2. The number of rotatable bonds is 7. The number of carboxylic acid groups (broad SMARTS) is 1. The maximum absolute atomic E-state index is 10.8. The molecule has 3 aromatic rings. The van der Waals surface area contributed by atoms with Crippen LogP contribution in [0, 0.1) is 0 Å². The lowest BCUT2D eigenvalue weighted by Gasteiger charge is -2.31. The van der Waals surface area contributed by atoms with Gasteiger partial charge in [-0.15, -0.1) is 0 Å². The Kier molecular flexibility index (Phi) is 6.81. The van der Waals surface area contributed by atoms with E-state index in [0.29, 0.717) is 12.5 Å². The fourth-order valence-corrected chi connectivity index (χ4v) is 3.80. The SMILES string of the molecule is COc1ccc(-c2cnc(Nc3ccc(CN4CCCC(OC(=O)O)C4)cc3)nc2)cc1. The van der Waals surface area contributed by atoms with Crippen LogP contribution in [-0.2, 0) is 11.3 Å². The molecule has 32 heavy (non-hydrogen) atoms. The minimum absolute atomic E-state index is 0.250. The molecule has 0 aliphatic carbocycles. The Morgan fingerprint density at radius 3 is 2.47 bits per heavy atom. The second-order valence-corrected chi connectivity index (χ2v) is 7.73. The summed E-state index contributed by atoms with van der Waals surface area (Å²) in [5.41, 5.74) is 4.01. The molecule has 0 amide bonds. The third-order valence-corrected chi connectivity index (χ3v) is 5.42. The van der Waals surface area contributed by atoms with E-state index in [1.807, 2.05) is 36.4 Å². The summed E-state index contributed by atoms with van der Waals surface area (Å²) in [5.74, 6) is 1.34. The molecule has 0 radical (unpaired) electrons. The van der Waals surface area contributed by atoms with E-state index in [0.717, 1.165) is 54.1 Å². The molecule has 2 aromatic carbocycles. The number of aromatic nitrogens is 2. The lowest BCUT2D eigenvalue weighted by Crippen LogP contribution is -2.39. The number of nitrogens with zero attached hydrogens (tertiary/aromatic N) is 3. The summed E-state index contributed by atoms with van der Waals surface area (Å²) in [6.45, 7) is 2.32. The van der Waals surface area contributed by atoms with E-state index in [9.17, 15) is 4.79 Å². The van der Waals surface area contributed by atoms with E-state index >= 15 is 0 Å². The summed E-state index contributed by atoms with van der Waals surface area (Å²) < 4.78 is 10.1. The van der Waals surface area contributed by atoms with Crippen LogP contribution in [-0.4, -0.2) is 52.4 Å². The number of piperidine rings is 1. The van der Waals surface area contributed by atoms with Gasteiger partial charge in [-0.05, 0) is 54.8 Å². The Labute approximate surface area is 186 Å². The summed E-state index contributed by atoms with van der Waals surface area (Å²) in [7, 11) is 1.64. The zero-order valence-electron chi connectivity index (χ0n) is 17.9. The van der Waals surface area contributed by atoms with Crippen LogP contribution in [0.25, 0.3) is 11.1 Å². The van der Waals surface area contributed by atoms with Gasteiger partial charge in [-0.25, -0.2) is 14.8 Å². The Morgan fingerprint density at radius 1 is 1.09 bits per heavy atom. The summed E-state index contributed by atoms with van der Waals surface area (Å²) in [5, 5.41) is 12.0. The van der Waals surface area contributed by atoms with Crippen LogP contribution in [0.1, 0.15) is 18.4 Å². The van der Waals surface area contributed by atoms with Crippen molar-refractivity contribution in [2.24, 2.45) is 0 Å². The second kappa shape index (κ2) is 10.1. The van der Waals surface area contributed by atoms with Crippen LogP contribution in [0.4, 0.5) is 16.4 Å². The van der Waals surface area contributed by atoms with E-state index in [4.69, 9.17) is 14.6 Å². The van der Waals surface area contributed by atoms with Gasteiger partial charge in [-0.2, -0.15) is 0 Å². The van der Waals surface area contributed by atoms with Gasteiger partial charge in [0.1, 0.15) is 11.9 Å². The molecule has 166 valence electrons. The van der Waals surface area contributed by atoms with Crippen molar-refractivity contribution in [3.8, 4) is 16.9 Å². The number of hydrogen-bond acceptors (Lipinski definition) is 7. The van der Waals surface area contributed by atoms with Gasteiger partial charge in [0.05, 0.1) is 7.11 Å². The summed E-state index contributed by atoms with van der Waals surface area (Å²) in [4.78, 5) is 21.8. The smallest absolute Gasteiger partial charge is 0.497 e. The lowest BCUT2D eigenvalue weighted by atomic mass is 10.1. The maximum Gasteiger partial charge on any atom is 0.506 e. The first-order valence-electron chi connectivity index (χ1n) is 10.5. The molecule has 2 N–H and O–H groups in total. The topological polar surface area (TPSA) is 96.8 Å². The van der Waals surface area contributed by atoms with Crippen molar-refractivity contribution in [1.29, 1.82) is 0 Å². The Balaban J connectivity index is 1.32. The zero-order valence-corrected chi connectivity index (χ0v) is 17.9. The van der Waals surface area contributed by atoms with Crippen LogP contribution >= 0.6 is 0 Å². The van der Waals surface area contributed by atoms with Crippen molar-refractivity contribution in [3.05, 3.63) is 66.5 Å². The fourth-order valence-electron chi connectivity index (χ4n) is 3.80. The van der Waals surface area contributed by atoms with Gasteiger partial charge in [0.2, 0.25) is 5.95 Å². The number of methoxy groups -OCH3 is 1. The highest BCUT2D eigenvalue weighted by atomic mass is 16.7. The Morgan fingerprint density at radius 2 is 1.81 bits per heavy atom. The minimum Gasteiger partial charge on any atom is -0.497 e. The highest BCUT2D eigenvalue weighted by Crippen LogP contribution is 2.23. The van der Waals surface area contributed by atoms with Gasteiger partial charge >= 0.3 is 6.16 Å². The largest absolute Gasteiger partial charge is 0.506 e. The average Bonchev–Trinajstić information content (AvgIpc) is 2.81. The van der Waals surface area contributed by atoms with Crippen molar-refractivity contribution in [3.63, 3.8) is 0 Å². The second-order valence-electron chi connectivity index (χ2n) is 7.73. The minimum atomic E-state index is -1.20. The average molecular weight is 434 g/mol. The maximum atomic E-state index is 10.8. The first-order chi connectivity index (χ1) is 15.6. The predicted octanol–water partition coefficient (Wildman–Crippen LogP) is 4.55. The molecule has 1 aliphatic rings. The molecule has 2 heterocycles. The van der Waals surface area contributed by atoms with E-state index in [-0.39, 0.29) is 6.10 Å². The van der Waals surface area contributed by atoms with E-state index in [1.165, 1.54) is 0 Å². The molecule has 1 unspecified atom stereocenters. The molecule has 1 atom stereocenters. The normalized spacial score (nSPS) is 16.3. The molecule has 1 fully saturated rings. The predicted molar refractivity (Wildman–Crippen MR) is 121 cm³/mol. The molecular formula is C24H26N4O4.